The van der Waals surface area contributed by atoms with Gasteiger partial charge >= 0.3 is 5.97 Å². The zero-order valence-corrected chi connectivity index (χ0v) is 23.0. The third-order valence-electron chi connectivity index (χ3n) is 5.74. The number of hydrogen-bond donors (Lipinski definition) is 4. The lowest BCUT2D eigenvalue weighted by Gasteiger charge is -2.18. The number of hydrazone groups is 1. The minimum absolute atomic E-state index is 0.0185. The van der Waals surface area contributed by atoms with E-state index in [2.05, 4.69) is 31.1 Å². The number of hydrogen-bond acceptors (Lipinski definition) is 10. The molecule has 13 nitrogen and oxygen atoms in total. The molecule has 41 heavy (non-hydrogen) atoms. The summed E-state index contributed by atoms with van der Waals surface area (Å²) < 4.78 is 37.0. The number of pyridine rings is 2. The molecule has 0 saturated carbocycles. The predicted octanol–water partition coefficient (Wildman–Crippen LogP) is 2.43. The average molecular weight is 583 g/mol. The third kappa shape index (κ3) is 10.1. The van der Waals surface area contributed by atoms with Crippen LogP contribution in [0.15, 0.2) is 77.0 Å². The highest BCUT2D eigenvalue weighted by molar-refractivity contribution is 7.86. The van der Waals surface area contributed by atoms with Gasteiger partial charge in [-0.15, -0.1) is 0 Å². The number of unbranched alkanes of at least 4 members (excludes halogenated alkanes) is 1. The van der Waals surface area contributed by atoms with Crippen molar-refractivity contribution in [3.63, 3.8) is 0 Å². The van der Waals surface area contributed by atoms with Gasteiger partial charge in [0.2, 0.25) is 0 Å². The number of carbonyl (C=O) groups excluding carboxylic acids is 3. The van der Waals surface area contributed by atoms with Crippen LogP contribution in [0.3, 0.4) is 0 Å². The van der Waals surface area contributed by atoms with Gasteiger partial charge in [-0.25, -0.2) is 4.98 Å². The number of nitrogens with zero attached hydrogens (tertiary/aromatic N) is 3. The van der Waals surface area contributed by atoms with Crippen LogP contribution < -0.4 is 16.1 Å². The number of rotatable bonds is 14. The number of aromatic nitrogens is 2. The largest absolute Gasteiger partial charge is 0.469 e. The Morgan fingerprint density at radius 3 is 2.49 bits per heavy atom. The second-order valence-corrected chi connectivity index (χ2v) is 10.1. The van der Waals surface area contributed by atoms with Crippen molar-refractivity contribution >= 4 is 39.9 Å². The van der Waals surface area contributed by atoms with Crippen LogP contribution in [0.5, 0.6) is 0 Å². The molecule has 0 saturated heterocycles. The Hall–Kier alpha value is -4.69. The smallest absolute Gasteiger partial charge is 0.307 e. The number of anilines is 1. The molecule has 0 bridgehead atoms. The number of nitrogens with one attached hydrogen (secondary N) is 3. The highest BCUT2D eigenvalue weighted by atomic mass is 32.2. The summed E-state index contributed by atoms with van der Waals surface area (Å²) in [6.07, 6.45) is 5.79. The topological polar surface area (TPSA) is 189 Å². The van der Waals surface area contributed by atoms with Crippen LogP contribution in [-0.2, 0) is 19.6 Å². The molecule has 0 fully saturated rings. The number of amides is 2. The van der Waals surface area contributed by atoms with Gasteiger partial charge in [-0.2, -0.15) is 13.5 Å². The van der Waals surface area contributed by atoms with Gasteiger partial charge in [0.1, 0.15) is 16.4 Å². The lowest BCUT2D eigenvalue weighted by Crippen LogP contribution is -2.37. The Bertz CT molecular complexity index is 1460. The van der Waals surface area contributed by atoms with Crippen molar-refractivity contribution in [2.45, 2.75) is 36.6 Å². The summed E-state index contributed by atoms with van der Waals surface area (Å²) in [5, 5.41) is 9.54. The molecule has 216 valence electrons. The van der Waals surface area contributed by atoms with Gasteiger partial charge in [-0.1, -0.05) is 24.3 Å². The number of carbonyl (C=O) groups is 3. The fourth-order valence-electron chi connectivity index (χ4n) is 3.67. The lowest BCUT2D eigenvalue weighted by atomic mass is 10.1. The van der Waals surface area contributed by atoms with Crippen molar-refractivity contribution < 1.29 is 32.1 Å². The molecule has 4 N–H and O–H groups in total. The molecule has 1 atom stereocenters. The Morgan fingerprint density at radius 2 is 1.80 bits per heavy atom. The van der Waals surface area contributed by atoms with Gasteiger partial charge in [0.25, 0.3) is 21.9 Å². The van der Waals surface area contributed by atoms with Crippen LogP contribution in [0.25, 0.3) is 0 Å². The minimum Gasteiger partial charge on any atom is -0.469 e. The van der Waals surface area contributed by atoms with E-state index in [1.54, 1.807) is 30.5 Å². The highest BCUT2D eigenvalue weighted by Gasteiger charge is 2.18. The van der Waals surface area contributed by atoms with Crippen molar-refractivity contribution in [3.05, 3.63) is 83.8 Å². The predicted molar refractivity (Wildman–Crippen MR) is 150 cm³/mol. The molecule has 2 heterocycles. The zero-order chi connectivity index (χ0) is 29.7. The van der Waals surface area contributed by atoms with Crippen molar-refractivity contribution in [1.82, 2.24) is 20.6 Å². The average Bonchev–Trinajstić information content (AvgIpc) is 2.97. The van der Waals surface area contributed by atoms with E-state index in [4.69, 9.17) is 4.74 Å². The fraction of sp³-hybridized carbons (Fsp3) is 0.259. The zero-order valence-electron chi connectivity index (χ0n) is 22.2. The molecule has 2 aromatic heterocycles. The van der Waals surface area contributed by atoms with Gasteiger partial charge in [0, 0.05) is 30.5 Å². The van der Waals surface area contributed by atoms with Crippen molar-refractivity contribution in [2.75, 3.05) is 19.1 Å². The van der Waals surface area contributed by atoms with E-state index in [0.29, 0.717) is 31.5 Å². The molecule has 2 amide bonds. The first-order chi connectivity index (χ1) is 19.7. The Labute approximate surface area is 237 Å². The first-order valence-corrected chi connectivity index (χ1v) is 14.0. The second-order valence-electron chi connectivity index (χ2n) is 8.73. The van der Waals surface area contributed by atoms with Crippen LogP contribution in [0.2, 0.25) is 0 Å². The van der Waals surface area contributed by atoms with Crippen LogP contribution in [0.4, 0.5) is 5.82 Å². The molecule has 0 aliphatic carbocycles. The summed E-state index contributed by atoms with van der Waals surface area (Å²) in [4.78, 5) is 44.6. The Morgan fingerprint density at radius 1 is 1.02 bits per heavy atom. The molecular formula is C27H30N6O7S. The van der Waals surface area contributed by atoms with Gasteiger partial charge in [-0.05, 0) is 49.6 Å². The fourth-order valence-corrected chi connectivity index (χ4v) is 4.34. The van der Waals surface area contributed by atoms with Gasteiger partial charge < -0.3 is 15.4 Å². The van der Waals surface area contributed by atoms with Gasteiger partial charge in [0.15, 0.2) is 0 Å². The number of benzene rings is 1. The lowest BCUT2D eigenvalue weighted by molar-refractivity contribution is -0.141. The van der Waals surface area contributed by atoms with Crippen LogP contribution >= 0.6 is 0 Å². The van der Waals surface area contributed by atoms with E-state index in [9.17, 15) is 27.4 Å². The van der Waals surface area contributed by atoms with Gasteiger partial charge in [-0.3, -0.25) is 29.3 Å². The summed E-state index contributed by atoms with van der Waals surface area (Å²) >= 11 is 0. The standard InChI is InChI=1S/C27H30N6O7S/c1-40-25(34)16-21(9-4-6-15-29-27(36)22-10-5-7-14-28-22)32-26(35)20-12-13-24(30-17-20)33-31-18-19-8-2-3-11-23(19)41(37,38)39/h2-3,5,7-8,10-14,17-18,21H,4,6,9,15-16H2,1H3,(H,29,36)(H,30,33)(H,32,35)(H,37,38,39). The first kappa shape index (κ1) is 30.8. The molecule has 0 radical (unpaired) electrons. The quantitative estimate of drug-likeness (QED) is 0.0722. The molecule has 1 unspecified atom stereocenters. The minimum atomic E-state index is -4.41. The molecule has 3 rings (SSSR count). The Kier molecular flexibility index (Phi) is 11.4. The van der Waals surface area contributed by atoms with Crippen LogP contribution in [-0.4, -0.2) is 66.6 Å². The molecule has 0 spiro atoms. The number of ether oxygens (including phenoxy) is 1. The first-order valence-electron chi connectivity index (χ1n) is 12.6. The van der Waals surface area contributed by atoms with Crippen LogP contribution in [0, 0.1) is 0 Å². The summed E-state index contributed by atoms with van der Waals surface area (Å²) in [5.41, 5.74) is 3.37. The summed E-state index contributed by atoms with van der Waals surface area (Å²) in [5.74, 6) is -0.901. The van der Waals surface area contributed by atoms with Crippen molar-refractivity contribution in [1.29, 1.82) is 0 Å². The van der Waals surface area contributed by atoms with E-state index in [0.717, 1.165) is 0 Å². The van der Waals surface area contributed by atoms with E-state index in [1.807, 2.05) is 0 Å². The van der Waals surface area contributed by atoms with E-state index < -0.39 is 28.0 Å². The number of methoxy groups -OCH3 is 1. The van der Waals surface area contributed by atoms with Gasteiger partial charge in [0.05, 0.1) is 25.3 Å². The summed E-state index contributed by atoms with van der Waals surface area (Å²) in [7, 11) is -3.14. The molecule has 0 aliphatic heterocycles. The summed E-state index contributed by atoms with van der Waals surface area (Å²) in [6, 6.07) is 13.4. The van der Waals surface area contributed by atoms with E-state index in [-0.39, 0.29) is 34.2 Å². The molecule has 3 aromatic rings. The molecular weight excluding hydrogens is 552 g/mol. The normalized spacial score (nSPS) is 12.0. The van der Waals surface area contributed by atoms with Crippen LogP contribution in [0.1, 0.15) is 52.1 Å². The maximum atomic E-state index is 12.8. The van der Waals surface area contributed by atoms with Crippen molar-refractivity contribution in [2.24, 2.45) is 5.10 Å². The third-order valence-corrected chi connectivity index (χ3v) is 6.67. The summed E-state index contributed by atoms with van der Waals surface area (Å²) in [6.45, 7) is 0.413. The molecule has 1 aromatic carbocycles. The van der Waals surface area contributed by atoms with E-state index >= 15 is 0 Å². The highest BCUT2D eigenvalue weighted by Crippen LogP contribution is 2.14. The second kappa shape index (κ2) is 15.2. The molecule has 0 aliphatic rings. The van der Waals surface area contributed by atoms with Crippen molar-refractivity contribution in [3.8, 4) is 0 Å². The van der Waals surface area contributed by atoms with E-state index in [1.165, 1.54) is 49.9 Å². The monoisotopic (exact) mass is 582 g/mol. The SMILES string of the molecule is COC(=O)CC(CCCCNC(=O)c1ccccn1)NC(=O)c1ccc(NN=Cc2ccccc2S(=O)(=O)O)nc1. The maximum absolute atomic E-state index is 12.8. The Balaban J connectivity index is 1.51. The molecule has 14 heteroatoms. The maximum Gasteiger partial charge on any atom is 0.307 e. The number of esters is 1.